The Balaban J connectivity index is 2.22. The molecule has 2 rings (SSSR count). The second kappa shape index (κ2) is 5.75. The summed E-state index contributed by atoms with van der Waals surface area (Å²) < 4.78 is 5.08. The molecule has 0 spiro atoms. The van der Waals surface area contributed by atoms with Crippen LogP contribution >= 0.6 is 11.6 Å². The molecule has 0 saturated carbocycles. The van der Waals surface area contributed by atoms with Gasteiger partial charge in [-0.15, -0.1) is 0 Å². The molecule has 6 heteroatoms. The largest absolute Gasteiger partial charge is 0.481 e. The Labute approximate surface area is 117 Å². The molecule has 0 unspecified atom stereocenters. The van der Waals surface area contributed by atoms with Crippen LogP contribution in [-0.2, 0) is 6.54 Å². The van der Waals surface area contributed by atoms with Gasteiger partial charge in [0.25, 0.3) is 0 Å². The third kappa shape index (κ3) is 3.26. The molecule has 0 aliphatic heterocycles. The summed E-state index contributed by atoms with van der Waals surface area (Å²) in [7, 11) is 3.45. The first kappa shape index (κ1) is 13.4. The van der Waals surface area contributed by atoms with E-state index in [9.17, 15) is 0 Å². The van der Waals surface area contributed by atoms with E-state index in [4.69, 9.17) is 22.1 Å². The lowest BCUT2D eigenvalue weighted by molar-refractivity contribution is 0.397. The number of rotatable bonds is 4. The van der Waals surface area contributed by atoms with E-state index < -0.39 is 0 Å². The Kier molecular flexibility index (Phi) is 4.06. The first-order valence-electron chi connectivity index (χ1n) is 5.73. The molecule has 0 radical (unpaired) electrons. The highest BCUT2D eigenvalue weighted by atomic mass is 35.5. The number of methoxy groups -OCH3 is 1. The Morgan fingerprint density at radius 1 is 1.32 bits per heavy atom. The van der Waals surface area contributed by atoms with Crippen LogP contribution in [0.3, 0.4) is 0 Å². The van der Waals surface area contributed by atoms with Crippen LogP contribution < -0.4 is 15.4 Å². The van der Waals surface area contributed by atoms with Crippen LogP contribution in [0, 0.1) is 0 Å². The number of halogens is 1. The van der Waals surface area contributed by atoms with Crippen LogP contribution in [-0.4, -0.2) is 24.1 Å². The number of anilines is 2. The van der Waals surface area contributed by atoms with Crippen molar-refractivity contribution in [2.75, 3.05) is 24.8 Å². The standard InChI is InChI=1S/C13H15ClN4O/c1-18(8-9-5-3-4-6-10(9)14)11-7-12(19-2)17-13(15)16-11/h3-7H,8H2,1-2H3,(H2,15,16,17). The molecule has 2 N–H and O–H groups in total. The average molecular weight is 279 g/mol. The number of benzene rings is 1. The summed E-state index contributed by atoms with van der Waals surface area (Å²) in [6.07, 6.45) is 0. The summed E-state index contributed by atoms with van der Waals surface area (Å²) in [6.45, 7) is 0.624. The summed E-state index contributed by atoms with van der Waals surface area (Å²) in [4.78, 5) is 10.1. The lowest BCUT2D eigenvalue weighted by Gasteiger charge is -2.19. The first-order chi connectivity index (χ1) is 9.10. The molecule has 0 aliphatic rings. The van der Waals surface area contributed by atoms with Crippen molar-refractivity contribution in [3.05, 3.63) is 40.9 Å². The van der Waals surface area contributed by atoms with Crippen LogP contribution in [0.4, 0.5) is 11.8 Å². The third-order valence-electron chi connectivity index (χ3n) is 2.67. The minimum absolute atomic E-state index is 0.181. The fourth-order valence-corrected chi connectivity index (χ4v) is 1.89. The predicted molar refractivity (Wildman–Crippen MR) is 76.6 cm³/mol. The van der Waals surface area contributed by atoms with Crippen molar-refractivity contribution in [3.8, 4) is 5.88 Å². The third-order valence-corrected chi connectivity index (χ3v) is 3.04. The van der Waals surface area contributed by atoms with Crippen LogP contribution in [0.15, 0.2) is 30.3 Å². The number of nitrogens with zero attached hydrogens (tertiary/aromatic N) is 3. The Morgan fingerprint density at radius 2 is 2.05 bits per heavy atom. The van der Waals surface area contributed by atoms with Crippen LogP contribution in [0.1, 0.15) is 5.56 Å². The zero-order valence-corrected chi connectivity index (χ0v) is 11.6. The molecule has 0 fully saturated rings. The monoisotopic (exact) mass is 278 g/mol. The van der Waals surface area contributed by atoms with Gasteiger partial charge in [0.05, 0.1) is 7.11 Å². The molecule has 1 aromatic carbocycles. The zero-order chi connectivity index (χ0) is 13.8. The van der Waals surface area contributed by atoms with Crippen LogP contribution in [0.25, 0.3) is 0 Å². The van der Waals surface area contributed by atoms with Gasteiger partial charge in [0.1, 0.15) is 5.82 Å². The van der Waals surface area contributed by atoms with Gasteiger partial charge >= 0.3 is 0 Å². The predicted octanol–water partition coefficient (Wildman–Crippen LogP) is 2.36. The smallest absolute Gasteiger partial charge is 0.225 e. The lowest BCUT2D eigenvalue weighted by Crippen LogP contribution is -2.19. The molecular formula is C13H15ClN4O. The van der Waals surface area contributed by atoms with Gasteiger partial charge in [-0.25, -0.2) is 0 Å². The number of hydrogen-bond acceptors (Lipinski definition) is 5. The highest BCUT2D eigenvalue weighted by Gasteiger charge is 2.09. The number of nitrogen functional groups attached to an aromatic ring is 1. The lowest BCUT2D eigenvalue weighted by atomic mass is 10.2. The molecule has 0 saturated heterocycles. The van der Waals surface area contributed by atoms with Crippen LogP contribution in [0.2, 0.25) is 5.02 Å². The molecule has 0 bridgehead atoms. The summed E-state index contributed by atoms with van der Waals surface area (Å²) >= 11 is 6.14. The van der Waals surface area contributed by atoms with Crippen LogP contribution in [0.5, 0.6) is 5.88 Å². The van der Waals surface area contributed by atoms with E-state index in [-0.39, 0.29) is 5.95 Å². The summed E-state index contributed by atoms with van der Waals surface area (Å²) in [5, 5.41) is 0.725. The normalized spacial score (nSPS) is 10.3. The highest BCUT2D eigenvalue weighted by Crippen LogP contribution is 2.22. The minimum Gasteiger partial charge on any atom is -0.481 e. The van der Waals surface area contributed by atoms with E-state index in [1.807, 2.05) is 36.2 Å². The first-order valence-corrected chi connectivity index (χ1v) is 6.11. The van der Waals surface area contributed by atoms with E-state index in [0.29, 0.717) is 18.2 Å². The van der Waals surface area contributed by atoms with Gasteiger partial charge in [0.2, 0.25) is 11.8 Å². The highest BCUT2D eigenvalue weighted by molar-refractivity contribution is 6.31. The maximum atomic E-state index is 6.14. The van der Waals surface area contributed by atoms with Gasteiger partial charge in [-0.1, -0.05) is 29.8 Å². The van der Waals surface area contributed by atoms with Crippen molar-refractivity contribution in [1.82, 2.24) is 9.97 Å². The maximum Gasteiger partial charge on any atom is 0.225 e. The quantitative estimate of drug-likeness (QED) is 0.930. The van der Waals surface area contributed by atoms with E-state index in [0.717, 1.165) is 10.6 Å². The average Bonchev–Trinajstić information content (AvgIpc) is 2.40. The van der Waals surface area contributed by atoms with Crippen molar-refractivity contribution in [3.63, 3.8) is 0 Å². The van der Waals surface area contributed by atoms with Gasteiger partial charge in [-0.05, 0) is 11.6 Å². The SMILES string of the molecule is COc1cc(N(C)Cc2ccccc2Cl)nc(N)n1. The van der Waals surface area contributed by atoms with Crippen molar-refractivity contribution >= 4 is 23.4 Å². The number of nitrogens with two attached hydrogens (primary N) is 1. The molecule has 0 amide bonds. The second-order valence-electron chi connectivity index (χ2n) is 4.07. The Bertz CT molecular complexity index is 576. The molecule has 19 heavy (non-hydrogen) atoms. The van der Waals surface area contributed by atoms with Crippen molar-refractivity contribution in [2.45, 2.75) is 6.54 Å². The Hall–Kier alpha value is -2.01. The second-order valence-corrected chi connectivity index (χ2v) is 4.48. The minimum atomic E-state index is 0.181. The van der Waals surface area contributed by atoms with Gasteiger partial charge in [0.15, 0.2) is 0 Å². The Morgan fingerprint density at radius 3 is 2.74 bits per heavy atom. The van der Waals surface area contributed by atoms with Crippen molar-refractivity contribution < 1.29 is 4.74 Å². The zero-order valence-electron chi connectivity index (χ0n) is 10.8. The topological polar surface area (TPSA) is 64.3 Å². The molecule has 0 aliphatic carbocycles. The van der Waals surface area contributed by atoms with E-state index >= 15 is 0 Å². The fourth-order valence-electron chi connectivity index (χ4n) is 1.69. The van der Waals surface area contributed by atoms with Gasteiger partial charge < -0.3 is 15.4 Å². The van der Waals surface area contributed by atoms with Gasteiger partial charge in [-0.2, -0.15) is 9.97 Å². The number of hydrogen-bond donors (Lipinski definition) is 1. The van der Waals surface area contributed by atoms with Crippen molar-refractivity contribution in [2.24, 2.45) is 0 Å². The summed E-state index contributed by atoms with van der Waals surface area (Å²) in [5.74, 6) is 1.30. The number of aromatic nitrogens is 2. The van der Waals surface area contributed by atoms with Gasteiger partial charge in [0, 0.05) is 24.7 Å². The molecular weight excluding hydrogens is 264 g/mol. The molecule has 0 atom stereocenters. The summed E-state index contributed by atoms with van der Waals surface area (Å²) in [5.41, 5.74) is 6.66. The molecule has 5 nitrogen and oxygen atoms in total. The number of ether oxygens (including phenoxy) is 1. The van der Waals surface area contributed by atoms with E-state index in [2.05, 4.69) is 9.97 Å². The fraction of sp³-hybridized carbons (Fsp3) is 0.231. The molecule has 1 heterocycles. The molecule has 1 aromatic heterocycles. The van der Waals surface area contributed by atoms with Gasteiger partial charge in [-0.3, -0.25) is 0 Å². The molecule has 100 valence electrons. The van der Waals surface area contributed by atoms with E-state index in [1.165, 1.54) is 0 Å². The molecule has 2 aromatic rings. The summed E-state index contributed by atoms with van der Waals surface area (Å²) in [6, 6.07) is 9.41. The van der Waals surface area contributed by atoms with Crippen molar-refractivity contribution in [1.29, 1.82) is 0 Å². The maximum absolute atomic E-state index is 6.14. The van der Waals surface area contributed by atoms with E-state index in [1.54, 1.807) is 13.2 Å².